The minimum Gasteiger partial charge on any atom is -0.459 e. The lowest BCUT2D eigenvalue weighted by Crippen LogP contribution is -2.57. The summed E-state index contributed by atoms with van der Waals surface area (Å²) in [6.07, 6.45) is -0.266. The lowest BCUT2D eigenvalue weighted by Gasteiger charge is -2.42. The predicted molar refractivity (Wildman–Crippen MR) is 99.1 cm³/mol. The second kappa shape index (κ2) is 7.48. The summed E-state index contributed by atoms with van der Waals surface area (Å²) in [5.41, 5.74) is 0.127. The van der Waals surface area contributed by atoms with Gasteiger partial charge in [0, 0.05) is 11.1 Å². The first-order valence-electron chi connectivity index (χ1n) is 8.78. The van der Waals surface area contributed by atoms with Crippen LogP contribution in [0.2, 0.25) is 0 Å². The molecule has 1 aromatic rings. The molecule has 1 aromatic carbocycles. The third kappa shape index (κ3) is 5.07. The molecule has 1 saturated heterocycles. The number of carbonyl (C=O) groups excluding carboxylic acids is 2. The maximum atomic E-state index is 12.7. The average Bonchev–Trinajstić information content (AvgIpc) is 2.54. The SMILES string of the molecule is CC(C)(C)OC(=O)N1CC(=N)C(C)(C)CC1C(=O)OCc1ccccc1. The number of hydrogen-bond acceptors (Lipinski definition) is 5. The van der Waals surface area contributed by atoms with Gasteiger partial charge in [0.25, 0.3) is 0 Å². The van der Waals surface area contributed by atoms with Crippen molar-refractivity contribution in [3.05, 3.63) is 35.9 Å². The first kappa shape index (κ1) is 19.9. The zero-order valence-corrected chi connectivity index (χ0v) is 16.2. The minimum absolute atomic E-state index is 0.0625. The van der Waals surface area contributed by atoms with Crippen molar-refractivity contribution < 1.29 is 19.1 Å². The van der Waals surface area contributed by atoms with Gasteiger partial charge in [0.1, 0.15) is 18.2 Å². The molecule has 6 heteroatoms. The van der Waals surface area contributed by atoms with Crippen LogP contribution in [0.15, 0.2) is 30.3 Å². The monoisotopic (exact) mass is 360 g/mol. The smallest absolute Gasteiger partial charge is 0.411 e. The highest BCUT2D eigenvalue weighted by Crippen LogP contribution is 2.33. The van der Waals surface area contributed by atoms with Crippen LogP contribution in [-0.4, -0.2) is 40.9 Å². The molecule has 2 rings (SSSR count). The van der Waals surface area contributed by atoms with E-state index >= 15 is 0 Å². The van der Waals surface area contributed by atoms with Crippen molar-refractivity contribution in [2.75, 3.05) is 6.54 Å². The average molecular weight is 360 g/mol. The molecule has 1 aliphatic rings. The Morgan fingerprint density at radius 2 is 1.85 bits per heavy atom. The van der Waals surface area contributed by atoms with E-state index in [9.17, 15) is 9.59 Å². The van der Waals surface area contributed by atoms with E-state index in [-0.39, 0.29) is 13.2 Å². The number of piperidine rings is 1. The van der Waals surface area contributed by atoms with Crippen molar-refractivity contribution in [1.29, 1.82) is 5.41 Å². The highest BCUT2D eigenvalue weighted by Gasteiger charge is 2.44. The van der Waals surface area contributed by atoms with Crippen molar-refractivity contribution in [1.82, 2.24) is 4.90 Å². The van der Waals surface area contributed by atoms with Gasteiger partial charge in [-0.1, -0.05) is 44.2 Å². The molecule has 1 heterocycles. The quantitative estimate of drug-likeness (QED) is 0.832. The van der Waals surface area contributed by atoms with Crippen LogP contribution in [0, 0.1) is 10.8 Å². The van der Waals surface area contributed by atoms with Crippen molar-refractivity contribution in [3.63, 3.8) is 0 Å². The summed E-state index contributed by atoms with van der Waals surface area (Å²) < 4.78 is 10.9. The highest BCUT2D eigenvalue weighted by atomic mass is 16.6. The molecule has 1 atom stereocenters. The van der Waals surface area contributed by atoms with Gasteiger partial charge >= 0.3 is 12.1 Å². The molecule has 142 valence electrons. The van der Waals surface area contributed by atoms with E-state index in [4.69, 9.17) is 14.9 Å². The Labute approximate surface area is 155 Å². The van der Waals surface area contributed by atoms with Crippen LogP contribution in [0.1, 0.15) is 46.6 Å². The van der Waals surface area contributed by atoms with Crippen LogP contribution in [0.25, 0.3) is 0 Å². The van der Waals surface area contributed by atoms with Crippen LogP contribution in [0.3, 0.4) is 0 Å². The predicted octanol–water partition coefficient (Wildman–Crippen LogP) is 3.79. The highest BCUT2D eigenvalue weighted by molar-refractivity contribution is 5.95. The molecule has 1 N–H and O–H groups in total. The fourth-order valence-corrected chi connectivity index (χ4v) is 2.76. The van der Waals surface area contributed by atoms with Crippen molar-refractivity contribution >= 4 is 17.8 Å². The third-order valence-electron chi connectivity index (χ3n) is 4.35. The Hall–Kier alpha value is -2.37. The van der Waals surface area contributed by atoms with Crippen molar-refractivity contribution in [2.45, 2.75) is 59.3 Å². The first-order chi connectivity index (χ1) is 12.0. The molecule has 26 heavy (non-hydrogen) atoms. The van der Waals surface area contributed by atoms with Gasteiger partial charge in [-0.2, -0.15) is 0 Å². The van der Waals surface area contributed by atoms with Gasteiger partial charge in [0.05, 0.1) is 6.54 Å². The number of nitrogens with one attached hydrogen (secondary N) is 1. The molecule has 1 aliphatic heterocycles. The number of hydrogen-bond donors (Lipinski definition) is 1. The summed E-state index contributed by atoms with van der Waals surface area (Å²) in [5.74, 6) is -0.472. The number of carbonyl (C=O) groups is 2. The number of rotatable bonds is 3. The maximum Gasteiger partial charge on any atom is 0.411 e. The summed E-state index contributed by atoms with van der Waals surface area (Å²) in [5, 5.41) is 8.21. The Kier molecular flexibility index (Phi) is 5.74. The fraction of sp³-hybridized carbons (Fsp3) is 0.550. The van der Waals surface area contributed by atoms with E-state index in [2.05, 4.69) is 0 Å². The first-order valence-corrected chi connectivity index (χ1v) is 8.78. The number of nitrogens with zero attached hydrogens (tertiary/aromatic N) is 1. The lowest BCUT2D eigenvalue weighted by molar-refractivity contribution is -0.152. The van der Waals surface area contributed by atoms with Gasteiger partial charge in [0.15, 0.2) is 0 Å². The van der Waals surface area contributed by atoms with Gasteiger partial charge in [-0.05, 0) is 32.8 Å². The lowest BCUT2D eigenvalue weighted by atomic mass is 9.77. The summed E-state index contributed by atoms with van der Waals surface area (Å²) in [7, 11) is 0. The molecule has 1 fully saturated rings. The number of ether oxygens (including phenoxy) is 2. The van der Waals surface area contributed by atoms with E-state index in [0.29, 0.717) is 12.1 Å². The second-order valence-electron chi connectivity index (χ2n) is 8.28. The molecule has 0 spiro atoms. The van der Waals surface area contributed by atoms with Gasteiger partial charge in [-0.15, -0.1) is 0 Å². The summed E-state index contributed by atoms with van der Waals surface area (Å²) >= 11 is 0. The van der Waals surface area contributed by atoms with Crippen LogP contribution in [-0.2, 0) is 20.9 Å². The zero-order chi connectivity index (χ0) is 19.5. The van der Waals surface area contributed by atoms with Crippen LogP contribution in [0.5, 0.6) is 0 Å². The van der Waals surface area contributed by atoms with E-state index < -0.39 is 29.1 Å². The van der Waals surface area contributed by atoms with Gasteiger partial charge in [-0.25, -0.2) is 9.59 Å². The maximum absolute atomic E-state index is 12.7. The number of likely N-dealkylation sites (tertiary alicyclic amines) is 1. The Morgan fingerprint density at radius 3 is 2.42 bits per heavy atom. The van der Waals surface area contributed by atoms with E-state index in [0.717, 1.165) is 5.56 Å². The number of amides is 1. The number of esters is 1. The zero-order valence-electron chi connectivity index (χ0n) is 16.2. The van der Waals surface area contributed by atoms with Gasteiger partial charge in [0.2, 0.25) is 0 Å². The van der Waals surface area contributed by atoms with Gasteiger partial charge < -0.3 is 14.9 Å². The standard InChI is InChI=1S/C20H28N2O4/c1-19(2,3)26-18(24)22-12-16(21)20(4,5)11-15(22)17(23)25-13-14-9-7-6-8-10-14/h6-10,15,21H,11-13H2,1-5H3. The van der Waals surface area contributed by atoms with Gasteiger partial charge in [-0.3, -0.25) is 4.90 Å². The van der Waals surface area contributed by atoms with Crippen molar-refractivity contribution in [3.8, 4) is 0 Å². The van der Waals surface area contributed by atoms with Crippen LogP contribution in [0.4, 0.5) is 4.79 Å². The molecular formula is C20H28N2O4. The van der Waals surface area contributed by atoms with Crippen molar-refractivity contribution in [2.24, 2.45) is 5.41 Å². The molecule has 1 amide bonds. The summed E-state index contributed by atoms with van der Waals surface area (Å²) in [6.45, 7) is 9.33. The molecule has 0 bridgehead atoms. The molecule has 0 aliphatic carbocycles. The largest absolute Gasteiger partial charge is 0.459 e. The molecular weight excluding hydrogens is 332 g/mol. The fourth-order valence-electron chi connectivity index (χ4n) is 2.76. The molecule has 0 aromatic heterocycles. The minimum atomic E-state index is -0.766. The third-order valence-corrected chi connectivity index (χ3v) is 4.35. The molecule has 1 unspecified atom stereocenters. The summed E-state index contributed by atoms with van der Waals surface area (Å²) in [4.78, 5) is 26.6. The second-order valence-corrected chi connectivity index (χ2v) is 8.28. The summed E-state index contributed by atoms with van der Waals surface area (Å²) in [6, 6.07) is 8.63. The van der Waals surface area contributed by atoms with E-state index in [1.807, 2.05) is 44.2 Å². The molecule has 0 radical (unpaired) electrons. The van der Waals surface area contributed by atoms with E-state index in [1.54, 1.807) is 20.8 Å². The van der Waals surface area contributed by atoms with E-state index in [1.165, 1.54) is 4.90 Å². The Bertz CT molecular complexity index is 677. The molecule has 6 nitrogen and oxygen atoms in total. The van der Waals surface area contributed by atoms with Crippen LogP contribution >= 0.6 is 0 Å². The Morgan fingerprint density at radius 1 is 1.23 bits per heavy atom. The topological polar surface area (TPSA) is 79.7 Å². The Balaban J connectivity index is 2.14. The number of benzene rings is 1. The normalized spacial score (nSPS) is 19.8. The molecule has 0 saturated carbocycles. The van der Waals surface area contributed by atoms with Crippen LogP contribution < -0.4 is 0 Å².